The van der Waals surface area contributed by atoms with Crippen LogP contribution in [-0.2, 0) is 6.54 Å². The summed E-state index contributed by atoms with van der Waals surface area (Å²) in [5.74, 6) is -0.346. The minimum absolute atomic E-state index is 0.0187. The van der Waals surface area contributed by atoms with E-state index in [4.69, 9.17) is 0 Å². The van der Waals surface area contributed by atoms with Crippen LogP contribution < -0.4 is 10.2 Å². The van der Waals surface area contributed by atoms with E-state index in [1.165, 1.54) is 6.07 Å². The highest BCUT2D eigenvalue weighted by molar-refractivity contribution is 6.05. The lowest BCUT2D eigenvalue weighted by molar-refractivity contribution is -0.384. The minimum atomic E-state index is -0.408. The molecule has 1 amide bonds. The van der Waals surface area contributed by atoms with Crippen LogP contribution >= 0.6 is 0 Å². The van der Waals surface area contributed by atoms with E-state index < -0.39 is 4.92 Å². The summed E-state index contributed by atoms with van der Waals surface area (Å²) >= 11 is 0. The molecular formula is C22H28N4O3. The first kappa shape index (κ1) is 20.8. The lowest BCUT2D eigenvalue weighted by atomic mass is 10.1. The van der Waals surface area contributed by atoms with Gasteiger partial charge in [-0.3, -0.25) is 19.8 Å². The van der Waals surface area contributed by atoms with Crippen LogP contribution in [0.15, 0.2) is 42.5 Å². The summed E-state index contributed by atoms with van der Waals surface area (Å²) in [6.07, 6.45) is 2.06. The Morgan fingerprint density at radius 2 is 1.86 bits per heavy atom. The third kappa shape index (κ3) is 5.12. The van der Waals surface area contributed by atoms with E-state index in [0.717, 1.165) is 51.1 Å². The Morgan fingerprint density at radius 1 is 1.14 bits per heavy atom. The number of nitrogens with zero attached hydrogens (tertiary/aromatic N) is 3. The van der Waals surface area contributed by atoms with Crippen molar-refractivity contribution in [2.24, 2.45) is 0 Å². The predicted molar refractivity (Wildman–Crippen MR) is 116 cm³/mol. The molecule has 1 fully saturated rings. The van der Waals surface area contributed by atoms with Crippen molar-refractivity contribution < 1.29 is 9.72 Å². The Labute approximate surface area is 171 Å². The monoisotopic (exact) mass is 396 g/mol. The summed E-state index contributed by atoms with van der Waals surface area (Å²) in [4.78, 5) is 28.2. The molecule has 7 nitrogen and oxygen atoms in total. The minimum Gasteiger partial charge on any atom is -0.366 e. The van der Waals surface area contributed by atoms with Gasteiger partial charge in [0, 0.05) is 37.0 Å². The Morgan fingerprint density at radius 3 is 2.52 bits per heavy atom. The number of carbonyl (C=O) groups excluding carboxylic acids is 1. The molecule has 154 valence electrons. The molecule has 0 unspecified atom stereocenters. The predicted octanol–water partition coefficient (Wildman–Crippen LogP) is 4.29. The fraction of sp³-hybridized carbons (Fsp3) is 0.409. The van der Waals surface area contributed by atoms with Crippen LogP contribution in [0.2, 0.25) is 0 Å². The molecule has 0 aromatic heterocycles. The Hall–Kier alpha value is -2.93. The van der Waals surface area contributed by atoms with E-state index in [1.54, 1.807) is 12.1 Å². The van der Waals surface area contributed by atoms with Crippen LogP contribution in [-0.4, -0.2) is 41.9 Å². The summed E-state index contributed by atoms with van der Waals surface area (Å²) in [7, 11) is 0. The van der Waals surface area contributed by atoms with Gasteiger partial charge in [0.25, 0.3) is 11.6 Å². The number of benzene rings is 2. The molecule has 2 aromatic carbocycles. The lowest BCUT2D eigenvalue weighted by Crippen LogP contribution is -2.22. The van der Waals surface area contributed by atoms with Crippen LogP contribution in [0.4, 0.5) is 17.1 Å². The van der Waals surface area contributed by atoms with Gasteiger partial charge in [-0.05, 0) is 55.8 Å². The SMILES string of the molecule is CCN(CC)Cc1cccc(NC(=O)c2ccc(N3CCCC3)c([N+](=O)[O-])c2)c1. The molecule has 1 aliphatic rings. The first-order chi connectivity index (χ1) is 14.0. The number of amides is 1. The van der Waals surface area contributed by atoms with Crippen LogP contribution in [0.3, 0.4) is 0 Å². The zero-order chi connectivity index (χ0) is 20.8. The number of rotatable bonds is 8. The van der Waals surface area contributed by atoms with Gasteiger partial charge in [0.15, 0.2) is 0 Å². The zero-order valence-corrected chi connectivity index (χ0v) is 17.1. The largest absolute Gasteiger partial charge is 0.366 e. The van der Waals surface area contributed by atoms with Crippen LogP contribution in [0.5, 0.6) is 0 Å². The van der Waals surface area contributed by atoms with Gasteiger partial charge >= 0.3 is 0 Å². The second-order valence-electron chi connectivity index (χ2n) is 7.27. The molecular weight excluding hydrogens is 368 g/mol. The Bertz CT molecular complexity index is 874. The lowest BCUT2D eigenvalue weighted by Gasteiger charge is -2.19. The van der Waals surface area contributed by atoms with Crippen molar-refractivity contribution in [3.63, 3.8) is 0 Å². The normalized spacial score (nSPS) is 13.7. The van der Waals surface area contributed by atoms with Crippen molar-refractivity contribution in [3.8, 4) is 0 Å². The van der Waals surface area contributed by atoms with E-state index in [9.17, 15) is 14.9 Å². The number of hydrogen-bond acceptors (Lipinski definition) is 5. The van der Waals surface area contributed by atoms with E-state index in [2.05, 4.69) is 24.1 Å². The van der Waals surface area contributed by atoms with Crippen LogP contribution in [0, 0.1) is 10.1 Å². The first-order valence-corrected chi connectivity index (χ1v) is 10.2. The number of anilines is 2. The number of nitro groups is 1. The van der Waals surface area contributed by atoms with Crippen LogP contribution in [0.1, 0.15) is 42.6 Å². The molecule has 1 heterocycles. The maximum absolute atomic E-state index is 12.7. The topological polar surface area (TPSA) is 78.7 Å². The second kappa shape index (κ2) is 9.52. The molecule has 0 atom stereocenters. The average Bonchev–Trinajstić information content (AvgIpc) is 3.26. The van der Waals surface area contributed by atoms with Crippen molar-refractivity contribution in [2.75, 3.05) is 36.4 Å². The van der Waals surface area contributed by atoms with Crippen molar-refractivity contribution in [2.45, 2.75) is 33.2 Å². The van der Waals surface area contributed by atoms with Crippen LogP contribution in [0.25, 0.3) is 0 Å². The van der Waals surface area contributed by atoms with Gasteiger partial charge in [0.05, 0.1) is 4.92 Å². The molecule has 0 saturated carbocycles. The van der Waals surface area contributed by atoms with Gasteiger partial charge in [-0.15, -0.1) is 0 Å². The summed E-state index contributed by atoms with van der Waals surface area (Å²) in [5.41, 5.74) is 2.65. The third-order valence-corrected chi connectivity index (χ3v) is 5.37. The number of nitro benzene ring substituents is 1. The molecule has 7 heteroatoms. The van der Waals surface area contributed by atoms with Crippen molar-refractivity contribution >= 4 is 23.0 Å². The highest BCUT2D eigenvalue weighted by Crippen LogP contribution is 2.32. The number of carbonyl (C=O) groups is 1. The quantitative estimate of drug-likeness (QED) is 0.532. The molecule has 3 rings (SSSR count). The molecule has 1 saturated heterocycles. The second-order valence-corrected chi connectivity index (χ2v) is 7.27. The highest BCUT2D eigenvalue weighted by Gasteiger charge is 2.24. The van der Waals surface area contributed by atoms with Gasteiger partial charge in [-0.25, -0.2) is 0 Å². The molecule has 0 bridgehead atoms. The summed E-state index contributed by atoms with van der Waals surface area (Å²) in [6.45, 7) is 8.59. The molecule has 0 aliphatic carbocycles. The van der Waals surface area contributed by atoms with E-state index in [1.807, 2.05) is 29.2 Å². The number of hydrogen-bond donors (Lipinski definition) is 1. The standard InChI is InChI=1S/C22H28N4O3/c1-3-24(4-2)16-17-8-7-9-19(14-17)23-22(27)18-10-11-20(21(15-18)26(28)29)25-12-5-6-13-25/h7-11,14-15H,3-6,12-13,16H2,1-2H3,(H,23,27). The number of nitrogens with one attached hydrogen (secondary N) is 1. The fourth-order valence-electron chi connectivity index (χ4n) is 3.69. The molecule has 1 aliphatic heterocycles. The molecule has 2 aromatic rings. The molecule has 0 spiro atoms. The van der Waals surface area contributed by atoms with E-state index >= 15 is 0 Å². The third-order valence-electron chi connectivity index (χ3n) is 5.37. The Balaban J connectivity index is 1.77. The molecule has 29 heavy (non-hydrogen) atoms. The van der Waals surface area contributed by atoms with Crippen molar-refractivity contribution in [1.29, 1.82) is 0 Å². The summed E-state index contributed by atoms with van der Waals surface area (Å²) in [5, 5.41) is 14.4. The maximum Gasteiger partial charge on any atom is 0.293 e. The van der Waals surface area contributed by atoms with Gasteiger partial charge in [0.2, 0.25) is 0 Å². The molecule has 1 N–H and O–H groups in total. The van der Waals surface area contributed by atoms with Gasteiger partial charge in [-0.2, -0.15) is 0 Å². The summed E-state index contributed by atoms with van der Waals surface area (Å²) < 4.78 is 0. The smallest absolute Gasteiger partial charge is 0.293 e. The average molecular weight is 396 g/mol. The highest BCUT2D eigenvalue weighted by atomic mass is 16.6. The van der Waals surface area contributed by atoms with Gasteiger partial charge in [-0.1, -0.05) is 26.0 Å². The zero-order valence-electron chi connectivity index (χ0n) is 17.1. The van der Waals surface area contributed by atoms with E-state index in [0.29, 0.717) is 11.4 Å². The van der Waals surface area contributed by atoms with E-state index in [-0.39, 0.29) is 17.2 Å². The van der Waals surface area contributed by atoms with Crippen molar-refractivity contribution in [1.82, 2.24) is 4.90 Å². The maximum atomic E-state index is 12.7. The first-order valence-electron chi connectivity index (χ1n) is 10.2. The summed E-state index contributed by atoms with van der Waals surface area (Å²) in [6, 6.07) is 12.4. The fourth-order valence-corrected chi connectivity index (χ4v) is 3.69. The van der Waals surface area contributed by atoms with Crippen molar-refractivity contribution in [3.05, 3.63) is 63.7 Å². The Kier molecular flexibility index (Phi) is 6.82. The van der Waals surface area contributed by atoms with Gasteiger partial charge < -0.3 is 10.2 Å². The van der Waals surface area contributed by atoms with Gasteiger partial charge in [0.1, 0.15) is 5.69 Å². The molecule has 0 radical (unpaired) electrons.